The van der Waals surface area contributed by atoms with Crippen molar-refractivity contribution in [2.75, 3.05) is 0 Å². The number of amides is 1. The summed E-state index contributed by atoms with van der Waals surface area (Å²) in [4.78, 5) is 10.7. The van der Waals surface area contributed by atoms with Crippen molar-refractivity contribution in [3.63, 3.8) is 0 Å². The molecule has 0 aromatic heterocycles. The Morgan fingerprint density at radius 2 is 2.08 bits per heavy atom. The molecule has 1 atom stereocenters. The van der Waals surface area contributed by atoms with Crippen LogP contribution in [-0.2, 0) is 4.74 Å². The molecule has 1 rings (SSSR count). The van der Waals surface area contributed by atoms with E-state index < -0.39 is 11.7 Å². The van der Waals surface area contributed by atoms with E-state index in [0.717, 1.165) is 0 Å². The number of benzene rings is 1. The fourth-order valence-electron chi connectivity index (χ4n) is 0.800. The molecule has 0 bridgehead atoms. The van der Waals surface area contributed by atoms with E-state index in [-0.39, 0.29) is 0 Å². The molecule has 0 aliphatic heterocycles. The Kier molecular flexibility index (Phi) is 3.54. The number of carbonyl (C=O) groups is 1. The maximum Gasteiger partial charge on any atom is 0.423 e. The first-order valence-corrected chi connectivity index (χ1v) is 4.04. The number of carbonyl (C=O) groups excluding carboxylic acids is 1. The second-order valence-electron chi connectivity index (χ2n) is 2.28. The molecular weight excluding hydrogens is 192 g/mol. The van der Waals surface area contributed by atoms with Gasteiger partial charge in [0.2, 0.25) is 5.56 Å². The predicted octanol–water partition coefficient (Wildman–Crippen LogP) is 1.52. The molecule has 1 aromatic carbocycles. The molecule has 0 radical (unpaired) electrons. The van der Waals surface area contributed by atoms with Crippen LogP contribution < -0.4 is 11.3 Å². The highest BCUT2D eigenvalue weighted by atomic mass is 35.5. The molecule has 0 heterocycles. The van der Waals surface area contributed by atoms with Crippen LogP contribution in [0.2, 0.25) is 0 Å². The second kappa shape index (κ2) is 4.69. The summed E-state index contributed by atoms with van der Waals surface area (Å²) in [7, 11) is 0. The average molecular weight is 201 g/mol. The van der Waals surface area contributed by atoms with E-state index >= 15 is 0 Å². The normalized spacial score (nSPS) is 11.8. The molecule has 3 N–H and O–H groups in total. The zero-order chi connectivity index (χ0) is 9.68. The molecule has 1 amide bonds. The van der Waals surface area contributed by atoms with Crippen molar-refractivity contribution in [2.24, 2.45) is 5.84 Å². The zero-order valence-corrected chi connectivity index (χ0v) is 7.49. The second-order valence-corrected chi connectivity index (χ2v) is 2.67. The molecule has 1 unspecified atom stereocenters. The van der Waals surface area contributed by atoms with Gasteiger partial charge in [-0.1, -0.05) is 41.9 Å². The van der Waals surface area contributed by atoms with E-state index in [0.29, 0.717) is 5.56 Å². The molecule has 0 spiro atoms. The highest BCUT2D eigenvalue weighted by Crippen LogP contribution is 2.20. The van der Waals surface area contributed by atoms with Crippen molar-refractivity contribution >= 4 is 17.7 Å². The minimum Gasteiger partial charge on any atom is -0.424 e. The number of nitrogens with two attached hydrogens (primary N) is 1. The number of hydrazine groups is 1. The van der Waals surface area contributed by atoms with Gasteiger partial charge in [-0.15, -0.1) is 0 Å². The van der Waals surface area contributed by atoms with Crippen molar-refractivity contribution in [1.29, 1.82) is 0 Å². The third-order valence-electron chi connectivity index (χ3n) is 1.39. The maximum absolute atomic E-state index is 10.7. The Labute approximate surface area is 80.6 Å². The maximum atomic E-state index is 10.7. The largest absolute Gasteiger partial charge is 0.424 e. The molecule has 5 heteroatoms. The Morgan fingerprint density at radius 3 is 2.62 bits per heavy atom. The molecule has 0 saturated heterocycles. The molecular formula is C8H9ClN2O2. The van der Waals surface area contributed by atoms with Crippen LogP contribution >= 0.6 is 11.6 Å². The molecule has 4 nitrogen and oxygen atoms in total. The van der Waals surface area contributed by atoms with Gasteiger partial charge in [0.15, 0.2) is 0 Å². The van der Waals surface area contributed by atoms with Crippen LogP contribution in [0.15, 0.2) is 30.3 Å². The summed E-state index contributed by atoms with van der Waals surface area (Å²) in [6.07, 6.45) is -0.760. The molecule has 13 heavy (non-hydrogen) atoms. The average Bonchev–Trinajstić information content (AvgIpc) is 2.19. The lowest BCUT2D eigenvalue weighted by Crippen LogP contribution is -2.31. The van der Waals surface area contributed by atoms with Crippen molar-refractivity contribution in [1.82, 2.24) is 5.43 Å². The summed E-state index contributed by atoms with van der Waals surface area (Å²) in [6, 6.07) is 8.95. The first kappa shape index (κ1) is 9.83. The molecule has 0 aliphatic carbocycles. The summed E-state index contributed by atoms with van der Waals surface area (Å²) in [5, 5.41) is 0. The van der Waals surface area contributed by atoms with Crippen molar-refractivity contribution in [2.45, 2.75) is 5.56 Å². The van der Waals surface area contributed by atoms with Gasteiger partial charge in [0.05, 0.1) is 0 Å². The number of hydrogen-bond acceptors (Lipinski definition) is 3. The predicted molar refractivity (Wildman–Crippen MR) is 48.8 cm³/mol. The monoisotopic (exact) mass is 200 g/mol. The Bertz CT molecular complexity index is 279. The third-order valence-corrected chi connectivity index (χ3v) is 1.73. The van der Waals surface area contributed by atoms with Crippen LogP contribution in [0.1, 0.15) is 11.1 Å². The van der Waals surface area contributed by atoms with Gasteiger partial charge in [-0.05, 0) is 0 Å². The van der Waals surface area contributed by atoms with E-state index in [1.807, 2.05) is 11.5 Å². The summed E-state index contributed by atoms with van der Waals surface area (Å²) in [5.41, 5.74) is 1.71. The highest BCUT2D eigenvalue weighted by Gasteiger charge is 2.11. The van der Waals surface area contributed by atoms with Crippen LogP contribution in [0, 0.1) is 0 Å². The lowest BCUT2D eigenvalue weighted by Gasteiger charge is -2.09. The van der Waals surface area contributed by atoms with Gasteiger partial charge < -0.3 is 4.74 Å². The van der Waals surface area contributed by atoms with E-state index in [1.54, 1.807) is 24.3 Å². The SMILES string of the molecule is NNC(=O)OC(Cl)c1ccccc1. The number of hydrogen-bond donors (Lipinski definition) is 2. The fourth-order valence-corrected chi connectivity index (χ4v) is 1.03. The minimum absolute atomic E-state index is 0.702. The smallest absolute Gasteiger partial charge is 0.423 e. The summed E-state index contributed by atoms with van der Waals surface area (Å²) in [6.45, 7) is 0. The lowest BCUT2D eigenvalue weighted by atomic mass is 10.2. The summed E-state index contributed by atoms with van der Waals surface area (Å²) < 4.78 is 4.68. The number of rotatable bonds is 2. The third kappa shape index (κ3) is 2.93. The minimum atomic E-state index is -0.815. The lowest BCUT2D eigenvalue weighted by molar-refractivity contribution is 0.133. The molecule has 70 valence electrons. The van der Waals surface area contributed by atoms with Crippen LogP contribution in [0.5, 0.6) is 0 Å². The Balaban J connectivity index is 2.59. The first-order chi connectivity index (χ1) is 6.24. The zero-order valence-electron chi connectivity index (χ0n) is 6.74. The van der Waals surface area contributed by atoms with Crippen LogP contribution in [0.4, 0.5) is 4.79 Å². The van der Waals surface area contributed by atoms with E-state index in [2.05, 4.69) is 4.74 Å². The molecule has 0 saturated carbocycles. The van der Waals surface area contributed by atoms with Gasteiger partial charge in [0.1, 0.15) is 0 Å². The quantitative estimate of drug-likeness (QED) is 0.329. The standard InChI is InChI=1S/C8H9ClN2O2/c9-7(13-8(12)11-10)6-4-2-1-3-5-6/h1-5,7H,10H2,(H,11,12). The van der Waals surface area contributed by atoms with Crippen LogP contribution in [-0.4, -0.2) is 6.09 Å². The van der Waals surface area contributed by atoms with Crippen LogP contribution in [0.3, 0.4) is 0 Å². The van der Waals surface area contributed by atoms with Gasteiger partial charge in [-0.3, -0.25) is 5.43 Å². The fraction of sp³-hybridized carbons (Fsp3) is 0.125. The van der Waals surface area contributed by atoms with Gasteiger partial charge in [0, 0.05) is 5.56 Å². The number of halogens is 1. The van der Waals surface area contributed by atoms with Gasteiger partial charge >= 0.3 is 6.09 Å². The number of nitrogens with one attached hydrogen (secondary N) is 1. The molecule has 0 fully saturated rings. The number of alkyl halides is 1. The molecule has 1 aromatic rings. The van der Waals surface area contributed by atoms with E-state index in [9.17, 15) is 4.79 Å². The van der Waals surface area contributed by atoms with Gasteiger partial charge in [0.25, 0.3) is 0 Å². The highest BCUT2D eigenvalue weighted by molar-refractivity contribution is 6.20. The molecule has 0 aliphatic rings. The Hall–Kier alpha value is -1.26. The first-order valence-electron chi connectivity index (χ1n) is 3.60. The number of ether oxygens (including phenoxy) is 1. The summed E-state index contributed by atoms with van der Waals surface area (Å²) >= 11 is 5.74. The van der Waals surface area contributed by atoms with Gasteiger partial charge in [-0.25, -0.2) is 10.6 Å². The topological polar surface area (TPSA) is 64.3 Å². The van der Waals surface area contributed by atoms with Crippen molar-refractivity contribution < 1.29 is 9.53 Å². The van der Waals surface area contributed by atoms with Crippen LogP contribution in [0.25, 0.3) is 0 Å². The van der Waals surface area contributed by atoms with Gasteiger partial charge in [-0.2, -0.15) is 0 Å². The van der Waals surface area contributed by atoms with E-state index in [4.69, 9.17) is 17.4 Å². The van der Waals surface area contributed by atoms with Crippen molar-refractivity contribution in [3.05, 3.63) is 35.9 Å². The van der Waals surface area contributed by atoms with E-state index in [1.165, 1.54) is 0 Å². The van der Waals surface area contributed by atoms with Crippen molar-refractivity contribution in [3.8, 4) is 0 Å². The Morgan fingerprint density at radius 1 is 1.46 bits per heavy atom. The summed E-state index contributed by atoms with van der Waals surface area (Å²) in [5.74, 6) is 4.82.